The molecule has 1 unspecified atom stereocenters. The molecule has 1 fully saturated rings. The highest BCUT2D eigenvalue weighted by Crippen LogP contribution is 2.30. The van der Waals surface area contributed by atoms with E-state index in [1.807, 2.05) is 12.1 Å². The molecule has 0 spiro atoms. The van der Waals surface area contributed by atoms with Crippen molar-refractivity contribution < 1.29 is 18.7 Å². The summed E-state index contributed by atoms with van der Waals surface area (Å²) in [4.78, 5) is 24.6. The first-order chi connectivity index (χ1) is 14.6. The van der Waals surface area contributed by atoms with Gasteiger partial charge in [-0.15, -0.1) is 0 Å². The number of anilines is 2. The number of pyridine rings is 2. The third kappa shape index (κ3) is 4.23. The normalized spacial score (nSPS) is 18.4. The molecule has 2 aromatic heterocycles. The molecule has 0 amide bonds. The number of fused-ring (bicyclic) bond motifs is 1. The molecule has 4 rings (SSSR count). The predicted octanol–water partition coefficient (Wildman–Crippen LogP) is 2.97. The molecule has 7 nitrogen and oxygen atoms in total. The maximum atomic E-state index is 14.4. The van der Waals surface area contributed by atoms with E-state index in [0.717, 1.165) is 49.2 Å². The number of nitrogens with zero attached hydrogens (tertiary/aromatic N) is 4. The Kier molecular flexibility index (Phi) is 6.13. The third-order valence-electron chi connectivity index (χ3n) is 5.74. The van der Waals surface area contributed by atoms with Gasteiger partial charge in [0.25, 0.3) is 0 Å². The molecular formula is C22H27FN4O3. The minimum atomic E-state index is -0.479. The molecule has 0 aromatic carbocycles. The van der Waals surface area contributed by atoms with E-state index in [9.17, 15) is 9.18 Å². The minimum Gasteiger partial charge on any atom is -0.461 e. The fraction of sp³-hybridized carbons (Fsp3) is 0.500. The summed E-state index contributed by atoms with van der Waals surface area (Å²) >= 11 is 0. The van der Waals surface area contributed by atoms with Gasteiger partial charge in [0.1, 0.15) is 11.5 Å². The lowest BCUT2D eigenvalue weighted by atomic mass is 10.0. The monoisotopic (exact) mass is 414 g/mol. The van der Waals surface area contributed by atoms with E-state index >= 15 is 0 Å². The minimum absolute atomic E-state index is 0.227. The summed E-state index contributed by atoms with van der Waals surface area (Å²) in [5.74, 6) is -0.224. The summed E-state index contributed by atoms with van der Waals surface area (Å²) in [5, 5.41) is 0. The Morgan fingerprint density at radius 2 is 2.13 bits per heavy atom. The van der Waals surface area contributed by atoms with E-state index in [1.54, 1.807) is 20.2 Å². The van der Waals surface area contributed by atoms with E-state index in [0.29, 0.717) is 31.3 Å². The van der Waals surface area contributed by atoms with Gasteiger partial charge in [-0.25, -0.2) is 14.8 Å². The van der Waals surface area contributed by atoms with Crippen molar-refractivity contribution >= 4 is 17.5 Å². The van der Waals surface area contributed by atoms with E-state index in [2.05, 4.69) is 19.8 Å². The van der Waals surface area contributed by atoms with Crippen LogP contribution < -0.4 is 9.80 Å². The molecule has 2 aliphatic rings. The summed E-state index contributed by atoms with van der Waals surface area (Å²) in [6, 6.07) is 5.48. The van der Waals surface area contributed by atoms with Gasteiger partial charge in [-0.05, 0) is 43.4 Å². The van der Waals surface area contributed by atoms with E-state index < -0.39 is 11.9 Å². The van der Waals surface area contributed by atoms with Gasteiger partial charge in [-0.2, -0.15) is 4.39 Å². The highest BCUT2D eigenvalue weighted by atomic mass is 19.1. The second-order valence-electron chi connectivity index (χ2n) is 7.68. The van der Waals surface area contributed by atoms with Crippen LogP contribution in [0.1, 0.15) is 41.4 Å². The largest absolute Gasteiger partial charge is 0.461 e. The second kappa shape index (κ2) is 8.95. The number of hydrogen-bond acceptors (Lipinski definition) is 7. The zero-order chi connectivity index (χ0) is 21.1. The van der Waals surface area contributed by atoms with Crippen LogP contribution in [0.15, 0.2) is 24.4 Å². The molecule has 2 aromatic rings. The average Bonchev–Trinajstić information content (AvgIpc) is 3.21. The van der Waals surface area contributed by atoms with Crippen molar-refractivity contribution in [3.63, 3.8) is 0 Å². The molecule has 0 aliphatic carbocycles. The van der Waals surface area contributed by atoms with Crippen molar-refractivity contribution in [1.82, 2.24) is 9.97 Å². The zero-order valence-electron chi connectivity index (χ0n) is 17.4. The Balaban J connectivity index is 1.54. The van der Waals surface area contributed by atoms with Gasteiger partial charge in [0.2, 0.25) is 5.95 Å². The van der Waals surface area contributed by atoms with Gasteiger partial charge in [-0.1, -0.05) is 0 Å². The predicted molar refractivity (Wildman–Crippen MR) is 111 cm³/mol. The summed E-state index contributed by atoms with van der Waals surface area (Å²) in [6.45, 7) is 4.89. The Morgan fingerprint density at radius 3 is 2.93 bits per heavy atom. The van der Waals surface area contributed by atoms with Gasteiger partial charge in [-0.3, -0.25) is 0 Å². The van der Waals surface area contributed by atoms with Gasteiger partial charge in [0.15, 0.2) is 0 Å². The lowest BCUT2D eigenvalue weighted by molar-refractivity contribution is 0.0519. The van der Waals surface area contributed by atoms with Gasteiger partial charge in [0.05, 0.1) is 19.3 Å². The topological polar surface area (TPSA) is 67.8 Å². The van der Waals surface area contributed by atoms with Crippen LogP contribution >= 0.6 is 0 Å². The first kappa shape index (κ1) is 20.5. The lowest BCUT2D eigenvalue weighted by Gasteiger charge is -2.32. The van der Waals surface area contributed by atoms with Crippen molar-refractivity contribution in [2.45, 2.75) is 38.8 Å². The number of aromatic nitrogens is 2. The molecule has 0 saturated carbocycles. The standard InChI is InChI=1S/C22H27FN4O3/c1-3-30-22(28)19-9-15-6-8-26(13-16(15)12-24-19)18-10-20(23)25-21(11-18)27-7-4-5-17(27)14-29-2/h9-12,17H,3-8,13-14H2,1-2H3. The molecule has 160 valence electrons. The van der Waals surface area contributed by atoms with Crippen LogP contribution in [0.5, 0.6) is 0 Å². The van der Waals surface area contributed by atoms with Crippen molar-refractivity contribution in [2.24, 2.45) is 0 Å². The molecule has 1 saturated heterocycles. The number of esters is 1. The Bertz CT molecular complexity index is 923. The lowest BCUT2D eigenvalue weighted by Crippen LogP contribution is -2.34. The number of carbonyl (C=O) groups excluding carboxylic acids is 1. The SMILES string of the molecule is CCOC(=O)c1cc2c(cn1)CN(c1cc(F)nc(N3CCCC3COC)c1)CC2. The fourth-order valence-electron chi connectivity index (χ4n) is 4.28. The summed E-state index contributed by atoms with van der Waals surface area (Å²) in [5.41, 5.74) is 3.26. The van der Waals surface area contributed by atoms with Gasteiger partial charge >= 0.3 is 5.97 Å². The van der Waals surface area contributed by atoms with E-state index in [4.69, 9.17) is 9.47 Å². The summed E-state index contributed by atoms with van der Waals surface area (Å²) in [6.07, 6.45) is 4.54. The third-order valence-corrected chi connectivity index (χ3v) is 5.74. The van der Waals surface area contributed by atoms with Gasteiger partial charge in [0, 0.05) is 50.8 Å². The molecule has 0 radical (unpaired) electrons. The highest BCUT2D eigenvalue weighted by molar-refractivity contribution is 5.87. The number of methoxy groups -OCH3 is 1. The Morgan fingerprint density at radius 1 is 1.27 bits per heavy atom. The van der Waals surface area contributed by atoms with Crippen molar-refractivity contribution in [1.29, 1.82) is 0 Å². The van der Waals surface area contributed by atoms with Crippen LogP contribution in [-0.4, -0.2) is 55.4 Å². The zero-order valence-corrected chi connectivity index (χ0v) is 17.4. The number of ether oxygens (including phenoxy) is 2. The van der Waals surface area contributed by atoms with Crippen molar-refractivity contribution in [3.05, 3.63) is 47.2 Å². The Hall–Kier alpha value is -2.74. The smallest absolute Gasteiger partial charge is 0.356 e. The molecule has 30 heavy (non-hydrogen) atoms. The number of halogens is 1. The van der Waals surface area contributed by atoms with Crippen LogP contribution in [0.4, 0.5) is 15.9 Å². The molecule has 0 bridgehead atoms. The van der Waals surface area contributed by atoms with Crippen LogP contribution in [0, 0.1) is 5.95 Å². The Labute approximate surface area is 175 Å². The fourth-order valence-corrected chi connectivity index (χ4v) is 4.28. The highest BCUT2D eigenvalue weighted by Gasteiger charge is 2.27. The summed E-state index contributed by atoms with van der Waals surface area (Å²) < 4.78 is 24.8. The maximum Gasteiger partial charge on any atom is 0.356 e. The molecule has 1 atom stereocenters. The number of hydrogen-bond donors (Lipinski definition) is 0. The first-order valence-electron chi connectivity index (χ1n) is 10.4. The summed E-state index contributed by atoms with van der Waals surface area (Å²) in [7, 11) is 1.69. The molecule has 2 aliphatic heterocycles. The van der Waals surface area contributed by atoms with Crippen LogP contribution in [-0.2, 0) is 22.4 Å². The first-order valence-corrected chi connectivity index (χ1v) is 10.4. The molecule has 4 heterocycles. The second-order valence-corrected chi connectivity index (χ2v) is 7.68. The maximum absolute atomic E-state index is 14.4. The van der Waals surface area contributed by atoms with Crippen molar-refractivity contribution in [2.75, 3.05) is 43.2 Å². The van der Waals surface area contributed by atoms with Crippen LogP contribution in [0.3, 0.4) is 0 Å². The van der Waals surface area contributed by atoms with Gasteiger partial charge < -0.3 is 19.3 Å². The van der Waals surface area contributed by atoms with Crippen LogP contribution in [0.2, 0.25) is 0 Å². The van der Waals surface area contributed by atoms with E-state index in [-0.39, 0.29) is 6.04 Å². The quantitative estimate of drug-likeness (QED) is 0.532. The molecule has 8 heteroatoms. The van der Waals surface area contributed by atoms with Crippen LogP contribution in [0.25, 0.3) is 0 Å². The molecule has 0 N–H and O–H groups in total. The van der Waals surface area contributed by atoms with Crippen molar-refractivity contribution in [3.8, 4) is 0 Å². The number of carbonyl (C=O) groups is 1. The number of rotatable bonds is 6. The average molecular weight is 414 g/mol. The van der Waals surface area contributed by atoms with E-state index in [1.165, 1.54) is 6.07 Å². The molecular weight excluding hydrogens is 387 g/mol.